The number of carbonyl (C=O) groups excluding carboxylic acids is 3. The topological polar surface area (TPSA) is 119 Å². The quantitative estimate of drug-likeness (QED) is 0.338. The number of carbonyl (C=O) groups is 4. The summed E-state index contributed by atoms with van der Waals surface area (Å²) in [5, 5.41) is 10.7. The predicted octanol–water partition coefficient (Wildman–Crippen LogP) is 4.33. The first-order chi connectivity index (χ1) is 18.3. The minimum Gasteiger partial charge on any atom is -0.493 e. The maximum absolute atomic E-state index is 13.3. The highest BCUT2D eigenvalue weighted by molar-refractivity contribution is 8.18. The highest BCUT2D eigenvalue weighted by Crippen LogP contribution is 2.28. The lowest BCUT2D eigenvalue weighted by Gasteiger charge is -2.20. The van der Waals surface area contributed by atoms with Crippen molar-refractivity contribution >= 4 is 45.6 Å². The average Bonchev–Trinajstić information content (AvgIpc) is 2.95. The third-order valence-electron chi connectivity index (χ3n) is 5.43. The molecule has 0 aliphatic rings. The maximum Gasteiger partial charge on any atom is 0.326 e. The van der Waals surface area contributed by atoms with Crippen LogP contribution in [-0.2, 0) is 16.0 Å². The van der Waals surface area contributed by atoms with Crippen molar-refractivity contribution in [2.24, 2.45) is 0 Å². The first-order valence-electron chi connectivity index (χ1n) is 11.5. The summed E-state index contributed by atoms with van der Waals surface area (Å²) >= 11 is 1.66. The third-order valence-corrected chi connectivity index (χ3v) is 7.75. The summed E-state index contributed by atoms with van der Waals surface area (Å²) in [6.45, 7) is 0. The van der Waals surface area contributed by atoms with Gasteiger partial charge in [0.2, 0.25) is 16.1 Å². The van der Waals surface area contributed by atoms with Crippen LogP contribution < -0.4 is 14.8 Å². The second-order valence-electron chi connectivity index (χ2n) is 8.02. The van der Waals surface area contributed by atoms with E-state index in [1.807, 2.05) is 0 Å². The third kappa shape index (κ3) is 8.12. The van der Waals surface area contributed by atoms with Crippen LogP contribution in [0.1, 0.15) is 26.3 Å². The first-order valence-corrected chi connectivity index (χ1v) is 13.4. The summed E-state index contributed by atoms with van der Waals surface area (Å²) in [6, 6.07) is 20.7. The molecule has 0 saturated heterocycles. The Labute approximate surface area is 229 Å². The number of ether oxygens (including phenoxy) is 2. The van der Waals surface area contributed by atoms with Gasteiger partial charge in [0.1, 0.15) is 11.3 Å². The SMILES string of the molecule is COc1ccc(C[C@H](NC(=O)C(CSC(=O)c2ccccc2)SC(=O)c2ccccc2)C(=O)O)cc1OC. The molecule has 38 heavy (non-hydrogen) atoms. The summed E-state index contributed by atoms with van der Waals surface area (Å²) in [7, 11) is 2.96. The lowest BCUT2D eigenvalue weighted by molar-refractivity contribution is -0.141. The highest BCUT2D eigenvalue weighted by Gasteiger charge is 2.29. The van der Waals surface area contributed by atoms with Gasteiger partial charge in [-0.2, -0.15) is 0 Å². The van der Waals surface area contributed by atoms with Crippen LogP contribution in [0.4, 0.5) is 0 Å². The Morgan fingerprint density at radius 3 is 1.95 bits per heavy atom. The molecule has 1 amide bonds. The molecular weight excluding hydrogens is 526 g/mol. The number of rotatable bonds is 12. The molecule has 2 atom stereocenters. The Morgan fingerprint density at radius 1 is 0.816 bits per heavy atom. The zero-order chi connectivity index (χ0) is 27.5. The monoisotopic (exact) mass is 553 g/mol. The number of carboxylic acids is 1. The number of thioether (sulfide) groups is 2. The molecule has 0 saturated carbocycles. The van der Waals surface area contributed by atoms with Crippen molar-refractivity contribution < 1.29 is 33.8 Å². The van der Waals surface area contributed by atoms with Gasteiger partial charge >= 0.3 is 5.97 Å². The zero-order valence-corrected chi connectivity index (χ0v) is 22.4. The predicted molar refractivity (Wildman–Crippen MR) is 148 cm³/mol. The lowest BCUT2D eigenvalue weighted by atomic mass is 10.0. The van der Waals surface area contributed by atoms with Crippen molar-refractivity contribution in [2.45, 2.75) is 17.7 Å². The Hall–Kier alpha value is -3.76. The van der Waals surface area contributed by atoms with Crippen LogP contribution >= 0.6 is 23.5 Å². The summed E-state index contributed by atoms with van der Waals surface area (Å²) in [4.78, 5) is 50.8. The van der Waals surface area contributed by atoms with E-state index in [1.165, 1.54) is 14.2 Å². The van der Waals surface area contributed by atoms with Crippen LogP contribution in [0.5, 0.6) is 11.5 Å². The van der Waals surface area contributed by atoms with Crippen molar-refractivity contribution in [3.05, 3.63) is 95.6 Å². The van der Waals surface area contributed by atoms with E-state index in [0.29, 0.717) is 28.2 Å². The van der Waals surface area contributed by atoms with E-state index in [4.69, 9.17) is 9.47 Å². The van der Waals surface area contributed by atoms with Gasteiger partial charge in [0, 0.05) is 23.3 Å². The summed E-state index contributed by atoms with van der Waals surface area (Å²) in [5.74, 6) is -0.993. The smallest absolute Gasteiger partial charge is 0.326 e. The number of aliphatic carboxylic acids is 1. The number of nitrogens with one attached hydrogen (secondary N) is 1. The molecule has 0 aliphatic carbocycles. The molecule has 1 unspecified atom stereocenters. The number of methoxy groups -OCH3 is 2. The van der Waals surface area contributed by atoms with E-state index < -0.39 is 23.2 Å². The van der Waals surface area contributed by atoms with E-state index in [9.17, 15) is 24.3 Å². The number of amides is 1. The highest BCUT2D eigenvalue weighted by atomic mass is 32.2. The lowest BCUT2D eigenvalue weighted by Crippen LogP contribution is -2.46. The fourth-order valence-electron chi connectivity index (χ4n) is 3.45. The molecule has 10 heteroatoms. The minimum absolute atomic E-state index is 0.0223. The van der Waals surface area contributed by atoms with E-state index in [1.54, 1.807) is 78.9 Å². The van der Waals surface area contributed by atoms with Crippen LogP contribution in [-0.4, -0.2) is 58.5 Å². The second-order valence-corrected chi connectivity index (χ2v) is 10.2. The van der Waals surface area contributed by atoms with Crippen LogP contribution in [0.25, 0.3) is 0 Å². The second kappa shape index (κ2) is 14.3. The van der Waals surface area contributed by atoms with E-state index >= 15 is 0 Å². The Morgan fingerprint density at radius 2 is 1.39 bits per heavy atom. The van der Waals surface area contributed by atoms with Gasteiger partial charge in [0.25, 0.3) is 0 Å². The molecule has 0 spiro atoms. The molecule has 0 aromatic heterocycles. The largest absolute Gasteiger partial charge is 0.493 e. The van der Waals surface area contributed by atoms with Crippen molar-refractivity contribution in [3.8, 4) is 11.5 Å². The van der Waals surface area contributed by atoms with Gasteiger partial charge in [0.05, 0.1) is 14.2 Å². The molecule has 3 aromatic rings. The number of benzene rings is 3. The first kappa shape index (κ1) is 28.8. The Kier molecular flexibility index (Phi) is 10.8. The molecule has 0 bridgehead atoms. The molecule has 8 nitrogen and oxygen atoms in total. The molecule has 0 fully saturated rings. The van der Waals surface area contributed by atoms with Gasteiger partial charge < -0.3 is 19.9 Å². The van der Waals surface area contributed by atoms with Gasteiger partial charge in [-0.15, -0.1) is 0 Å². The standard InChI is InChI=1S/C28H27NO7S2/c1-35-22-14-13-18(16-23(22)36-2)15-21(26(31)32)29-25(30)24(38-28(34)20-11-7-4-8-12-20)17-37-27(33)19-9-5-3-6-10-19/h3-14,16,21,24H,15,17H2,1-2H3,(H,29,30)(H,31,32)/t21-,24?/m0/s1. The molecule has 0 radical (unpaired) electrons. The van der Waals surface area contributed by atoms with Gasteiger partial charge in [-0.1, -0.05) is 90.3 Å². The zero-order valence-electron chi connectivity index (χ0n) is 20.8. The molecule has 198 valence electrons. The Bertz CT molecular complexity index is 1270. The van der Waals surface area contributed by atoms with Gasteiger partial charge in [0.15, 0.2) is 11.5 Å². The molecule has 3 aromatic carbocycles. The summed E-state index contributed by atoms with van der Waals surface area (Å²) in [6.07, 6.45) is -0.0263. The average molecular weight is 554 g/mol. The maximum atomic E-state index is 13.3. The van der Waals surface area contributed by atoms with E-state index in [-0.39, 0.29) is 22.4 Å². The van der Waals surface area contributed by atoms with Crippen LogP contribution in [0.3, 0.4) is 0 Å². The fourth-order valence-corrected chi connectivity index (χ4v) is 5.39. The van der Waals surface area contributed by atoms with Crippen molar-refractivity contribution in [1.29, 1.82) is 0 Å². The fraction of sp³-hybridized carbons (Fsp3) is 0.214. The van der Waals surface area contributed by atoms with E-state index in [2.05, 4.69) is 5.32 Å². The van der Waals surface area contributed by atoms with Crippen molar-refractivity contribution in [1.82, 2.24) is 5.32 Å². The molecule has 3 rings (SSSR count). The van der Waals surface area contributed by atoms with Gasteiger partial charge in [-0.3, -0.25) is 14.4 Å². The number of hydrogen-bond donors (Lipinski definition) is 2. The molecular formula is C28H27NO7S2. The van der Waals surface area contributed by atoms with Crippen LogP contribution in [0.15, 0.2) is 78.9 Å². The van der Waals surface area contributed by atoms with Crippen molar-refractivity contribution in [3.63, 3.8) is 0 Å². The number of hydrogen-bond acceptors (Lipinski definition) is 8. The summed E-state index contributed by atoms with van der Waals surface area (Å²) in [5.41, 5.74) is 1.47. The van der Waals surface area contributed by atoms with Gasteiger partial charge in [-0.25, -0.2) is 4.79 Å². The van der Waals surface area contributed by atoms with Crippen LogP contribution in [0.2, 0.25) is 0 Å². The summed E-state index contributed by atoms with van der Waals surface area (Å²) < 4.78 is 10.5. The normalized spacial score (nSPS) is 12.2. The van der Waals surface area contributed by atoms with Crippen LogP contribution in [0, 0.1) is 0 Å². The minimum atomic E-state index is -1.27. The molecule has 2 N–H and O–H groups in total. The van der Waals surface area contributed by atoms with Gasteiger partial charge in [-0.05, 0) is 17.7 Å². The van der Waals surface area contributed by atoms with E-state index in [0.717, 1.165) is 23.5 Å². The number of carboxylic acid groups (broad SMARTS) is 1. The Balaban J connectivity index is 1.76. The molecule has 0 aliphatic heterocycles. The van der Waals surface area contributed by atoms with Crippen molar-refractivity contribution in [2.75, 3.05) is 20.0 Å². The molecule has 0 heterocycles.